The van der Waals surface area contributed by atoms with Gasteiger partial charge in [0.05, 0.1) is 0 Å². The van der Waals surface area contributed by atoms with Crippen molar-refractivity contribution in [1.82, 2.24) is 0 Å². The fourth-order valence-corrected chi connectivity index (χ4v) is 4.49. The molecule has 0 aliphatic heterocycles. The molecule has 0 N–H and O–H groups in total. The number of hydrogen-bond acceptors (Lipinski definition) is 2. The van der Waals surface area contributed by atoms with Gasteiger partial charge in [0.2, 0.25) is 0 Å². The van der Waals surface area contributed by atoms with Crippen LogP contribution in [-0.2, 0) is 9.59 Å². The Labute approximate surface area is 195 Å². The molecule has 0 radical (unpaired) electrons. The van der Waals surface area contributed by atoms with Crippen molar-refractivity contribution in [3.05, 3.63) is 0 Å². The van der Waals surface area contributed by atoms with E-state index in [0.717, 1.165) is 31.5 Å². The first-order chi connectivity index (χ1) is 15.1. The largest absolute Gasteiger partial charge is 0.303 e. The van der Waals surface area contributed by atoms with E-state index in [-0.39, 0.29) is 5.92 Å². The summed E-state index contributed by atoms with van der Waals surface area (Å²) in [4.78, 5) is 21.5. The first-order valence-electron chi connectivity index (χ1n) is 14.0. The number of rotatable bonds is 25. The monoisotopic (exact) mass is 436 g/mol. The van der Waals surface area contributed by atoms with Gasteiger partial charge >= 0.3 is 0 Å². The van der Waals surface area contributed by atoms with E-state index in [1.165, 1.54) is 122 Å². The predicted molar refractivity (Wildman–Crippen MR) is 137 cm³/mol. The van der Waals surface area contributed by atoms with Crippen molar-refractivity contribution < 1.29 is 9.59 Å². The van der Waals surface area contributed by atoms with Gasteiger partial charge in [-0.15, -0.1) is 0 Å². The van der Waals surface area contributed by atoms with Crippen molar-refractivity contribution in [2.45, 2.75) is 162 Å². The molecule has 2 atom stereocenters. The lowest BCUT2D eigenvalue weighted by Gasteiger charge is -2.11. The van der Waals surface area contributed by atoms with Crippen LogP contribution in [0.4, 0.5) is 0 Å². The number of unbranched alkanes of at least 4 members (excludes halogenated alkanes) is 17. The SMILES string of the molecule is CC(=O)[C@@H](C)CCCCCCC[C@@H](C)CCCCCCCCCCCCCCCC=O. The van der Waals surface area contributed by atoms with Gasteiger partial charge in [-0.25, -0.2) is 0 Å². The lowest BCUT2D eigenvalue weighted by Crippen LogP contribution is -2.05. The molecule has 0 unspecified atom stereocenters. The second-order valence-corrected chi connectivity index (χ2v) is 10.3. The molecule has 0 aliphatic carbocycles. The molecule has 2 heteroatoms. The third-order valence-electron chi connectivity index (χ3n) is 7.05. The molecule has 0 aliphatic rings. The van der Waals surface area contributed by atoms with Gasteiger partial charge in [-0.05, 0) is 25.7 Å². The van der Waals surface area contributed by atoms with Crippen LogP contribution in [0.3, 0.4) is 0 Å². The molecule has 0 bridgehead atoms. The summed E-state index contributed by atoms with van der Waals surface area (Å²) < 4.78 is 0. The van der Waals surface area contributed by atoms with Crippen LogP contribution >= 0.6 is 0 Å². The highest BCUT2D eigenvalue weighted by molar-refractivity contribution is 5.77. The van der Waals surface area contributed by atoms with Crippen molar-refractivity contribution in [3.8, 4) is 0 Å². The molecule has 0 fully saturated rings. The highest BCUT2D eigenvalue weighted by atomic mass is 16.1. The summed E-state index contributed by atoms with van der Waals surface area (Å²) in [6, 6.07) is 0. The number of aldehydes is 1. The molecule has 31 heavy (non-hydrogen) atoms. The van der Waals surface area contributed by atoms with E-state index in [2.05, 4.69) is 13.8 Å². The lowest BCUT2D eigenvalue weighted by atomic mass is 9.95. The second kappa shape index (κ2) is 24.0. The van der Waals surface area contributed by atoms with Crippen LogP contribution in [0, 0.1) is 11.8 Å². The minimum Gasteiger partial charge on any atom is -0.303 e. The third-order valence-corrected chi connectivity index (χ3v) is 7.05. The van der Waals surface area contributed by atoms with Gasteiger partial charge in [0, 0.05) is 12.3 Å². The van der Waals surface area contributed by atoms with Crippen molar-refractivity contribution in [1.29, 1.82) is 0 Å². The first kappa shape index (κ1) is 30.3. The van der Waals surface area contributed by atoms with Gasteiger partial charge < -0.3 is 4.79 Å². The summed E-state index contributed by atoms with van der Waals surface area (Å²) in [6.45, 7) is 6.23. The Bertz CT molecular complexity index is 390. The molecule has 2 nitrogen and oxygen atoms in total. The fourth-order valence-electron chi connectivity index (χ4n) is 4.49. The average molecular weight is 437 g/mol. The average Bonchev–Trinajstić information content (AvgIpc) is 2.75. The maximum absolute atomic E-state index is 11.2. The summed E-state index contributed by atoms with van der Waals surface area (Å²) in [6.07, 6.45) is 30.1. The van der Waals surface area contributed by atoms with Gasteiger partial charge in [0.1, 0.15) is 12.1 Å². The predicted octanol–water partition coefficient (Wildman–Crippen LogP) is 9.63. The molecule has 0 amide bonds. The summed E-state index contributed by atoms with van der Waals surface area (Å²) in [5.41, 5.74) is 0. The van der Waals surface area contributed by atoms with E-state index in [9.17, 15) is 9.59 Å². The van der Waals surface area contributed by atoms with Crippen molar-refractivity contribution in [2.75, 3.05) is 0 Å². The Morgan fingerprint density at radius 1 is 0.548 bits per heavy atom. The quantitative estimate of drug-likeness (QED) is 0.105. The van der Waals surface area contributed by atoms with Crippen LogP contribution in [-0.4, -0.2) is 12.1 Å². The van der Waals surface area contributed by atoms with Crippen LogP contribution < -0.4 is 0 Å². The second-order valence-electron chi connectivity index (χ2n) is 10.3. The van der Waals surface area contributed by atoms with E-state index in [4.69, 9.17) is 0 Å². The standard InChI is InChI=1S/C29H56O2/c1-27(24-20-16-14-17-21-25-28(2)29(3)31)23-19-15-12-10-8-6-4-5-7-9-11-13-18-22-26-30/h26-28H,4-25H2,1-3H3/t27-,28-/m0/s1. The number of carbonyl (C=O) groups is 2. The Kier molecular flexibility index (Phi) is 23.5. The Balaban J connectivity index is 3.20. The highest BCUT2D eigenvalue weighted by Crippen LogP contribution is 2.19. The van der Waals surface area contributed by atoms with E-state index in [0.29, 0.717) is 5.78 Å². The Morgan fingerprint density at radius 3 is 1.23 bits per heavy atom. The molecular formula is C29H56O2. The minimum atomic E-state index is 0.265. The summed E-state index contributed by atoms with van der Waals surface area (Å²) >= 11 is 0. The van der Waals surface area contributed by atoms with Crippen molar-refractivity contribution in [3.63, 3.8) is 0 Å². The molecule has 0 aromatic rings. The number of ketones is 1. The van der Waals surface area contributed by atoms with Gasteiger partial charge in [0.25, 0.3) is 0 Å². The summed E-state index contributed by atoms with van der Waals surface area (Å²) in [5.74, 6) is 1.51. The number of carbonyl (C=O) groups excluding carboxylic acids is 2. The van der Waals surface area contributed by atoms with E-state index in [1.54, 1.807) is 6.92 Å². The zero-order valence-corrected chi connectivity index (χ0v) is 21.6. The number of hydrogen-bond donors (Lipinski definition) is 0. The molecule has 0 rings (SSSR count). The molecule has 0 heterocycles. The topological polar surface area (TPSA) is 34.1 Å². The fraction of sp³-hybridized carbons (Fsp3) is 0.931. The molecule has 0 aromatic heterocycles. The maximum atomic E-state index is 11.2. The van der Waals surface area contributed by atoms with Crippen molar-refractivity contribution in [2.24, 2.45) is 11.8 Å². The highest BCUT2D eigenvalue weighted by Gasteiger charge is 2.06. The Hall–Kier alpha value is -0.660. The first-order valence-corrected chi connectivity index (χ1v) is 14.0. The third kappa shape index (κ3) is 23.8. The van der Waals surface area contributed by atoms with Gasteiger partial charge in [0.15, 0.2) is 0 Å². The molecule has 0 aromatic carbocycles. The van der Waals surface area contributed by atoms with Crippen LogP contribution in [0.2, 0.25) is 0 Å². The van der Waals surface area contributed by atoms with Crippen molar-refractivity contribution >= 4 is 12.1 Å². The van der Waals surface area contributed by atoms with E-state index < -0.39 is 0 Å². The lowest BCUT2D eigenvalue weighted by molar-refractivity contribution is -0.120. The summed E-state index contributed by atoms with van der Waals surface area (Å²) in [7, 11) is 0. The van der Waals surface area contributed by atoms with Gasteiger partial charge in [-0.1, -0.05) is 136 Å². The van der Waals surface area contributed by atoms with Crippen LogP contribution in [0.15, 0.2) is 0 Å². The minimum absolute atomic E-state index is 0.265. The smallest absolute Gasteiger partial charge is 0.132 e. The van der Waals surface area contributed by atoms with Crippen LogP contribution in [0.25, 0.3) is 0 Å². The molecular weight excluding hydrogens is 380 g/mol. The summed E-state index contributed by atoms with van der Waals surface area (Å²) in [5, 5.41) is 0. The zero-order chi connectivity index (χ0) is 23.0. The van der Waals surface area contributed by atoms with Gasteiger partial charge in [-0.2, -0.15) is 0 Å². The van der Waals surface area contributed by atoms with Crippen LogP contribution in [0.5, 0.6) is 0 Å². The Morgan fingerprint density at radius 2 is 0.871 bits per heavy atom. The van der Waals surface area contributed by atoms with E-state index >= 15 is 0 Å². The molecule has 0 saturated carbocycles. The molecule has 0 spiro atoms. The molecule has 184 valence electrons. The number of Topliss-reactive ketones (excluding diaryl/α,β-unsaturated/α-hetero) is 1. The maximum Gasteiger partial charge on any atom is 0.132 e. The zero-order valence-electron chi connectivity index (χ0n) is 21.6. The van der Waals surface area contributed by atoms with E-state index in [1.807, 2.05) is 0 Å². The van der Waals surface area contributed by atoms with Crippen LogP contribution in [0.1, 0.15) is 162 Å². The molecule has 0 saturated heterocycles. The normalized spacial score (nSPS) is 13.3. The van der Waals surface area contributed by atoms with Gasteiger partial charge in [-0.3, -0.25) is 4.79 Å².